The Labute approximate surface area is 154 Å². The van der Waals surface area contributed by atoms with Crippen molar-refractivity contribution in [2.24, 2.45) is 4.99 Å². The zero-order chi connectivity index (χ0) is 15.5. The SMILES string of the molecule is CN=C(NCCc1ncc(C)s1)NCCN(C)CCOC.I. The largest absolute Gasteiger partial charge is 0.383 e. The number of halogens is 1. The van der Waals surface area contributed by atoms with Crippen molar-refractivity contribution in [3.05, 3.63) is 16.1 Å². The number of rotatable bonds is 9. The third-order valence-corrected chi connectivity index (χ3v) is 3.96. The fourth-order valence-corrected chi connectivity index (χ4v) is 2.54. The van der Waals surface area contributed by atoms with Crippen LogP contribution in [0.3, 0.4) is 0 Å². The van der Waals surface area contributed by atoms with Crippen molar-refractivity contribution in [2.45, 2.75) is 13.3 Å². The Balaban J connectivity index is 0.00000441. The molecule has 0 amide bonds. The summed E-state index contributed by atoms with van der Waals surface area (Å²) in [4.78, 5) is 12.1. The summed E-state index contributed by atoms with van der Waals surface area (Å²) in [6.07, 6.45) is 2.84. The topological polar surface area (TPSA) is 61.8 Å². The molecule has 0 aliphatic heterocycles. The first-order chi connectivity index (χ1) is 10.2. The van der Waals surface area contributed by atoms with E-state index in [1.807, 2.05) is 6.20 Å². The zero-order valence-corrected chi connectivity index (χ0v) is 17.0. The standard InChI is InChI=1S/C14H27N5OS.HI/c1-12-11-18-13(21-12)5-6-16-14(15-2)17-7-8-19(3)9-10-20-4;/h11H,5-10H2,1-4H3,(H2,15,16,17);1H. The van der Waals surface area contributed by atoms with Gasteiger partial charge in [-0.05, 0) is 14.0 Å². The van der Waals surface area contributed by atoms with Gasteiger partial charge in [0.05, 0.1) is 11.6 Å². The molecule has 6 nitrogen and oxygen atoms in total. The molecular formula is C14H28IN5OS. The van der Waals surface area contributed by atoms with Crippen LogP contribution in [-0.4, -0.2) is 69.8 Å². The molecule has 1 aromatic rings. The van der Waals surface area contributed by atoms with Crippen LogP contribution in [0.2, 0.25) is 0 Å². The number of methoxy groups -OCH3 is 1. The number of nitrogens with one attached hydrogen (secondary N) is 2. The average molecular weight is 441 g/mol. The maximum absolute atomic E-state index is 5.05. The second kappa shape index (κ2) is 13.0. The van der Waals surface area contributed by atoms with E-state index in [1.54, 1.807) is 25.5 Å². The number of aryl methyl sites for hydroxylation is 1. The number of nitrogens with zero attached hydrogens (tertiary/aromatic N) is 3. The maximum Gasteiger partial charge on any atom is 0.191 e. The van der Waals surface area contributed by atoms with Crippen molar-refractivity contribution in [1.82, 2.24) is 20.5 Å². The van der Waals surface area contributed by atoms with Crippen LogP contribution < -0.4 is 10.6 Å². The highest BCUT2D eigenvalue weighted by Crippen LogP contribution is 2.10. The fourth-order valence-electron chi connectivity index (χ4n) is 1.75. The second-order valence-electron chi connectivity index (χ2n) is 4.84. The monoisotopic (exact) mass is 441 g/mol. The van der Waals surface area contributed by atoms with E-state index in [0.717, 1.165) is 50.2 Å². The Morgan fingerprint density at radius 3 is 2.68 bits per heavy atom. The van der Waals surface area contributed by atoms with Crippen LogP contribution >= 0.6 is 35.3 Å². The van der Waals surface area contributed by atoms with E-state index in [-0.39, 0.29) is 24.0 Å². The predicted octanol–water partition coefficient (Wildman–Crippen LogP) is 1.36. The molecular weight excluding hydrogens is 413 g/mol. The lowest BCUT2D eigenvalue weighted by Gasteiger charge is -2.17. The molecule has 0 spiro atoms. The zero-order valence-electron chi connectivity index (χ0n) is 13.9. The summed E-state index contributed by atoms with van der Waals surface area (Å²) in [6.45, 7) is 6.43. The molecule has 2 N–H and O–H groups in total. The highest BCUT2D eigenvalue weighted by atomic mass is 127. The number of ether oxygens (including phenoxy) is 1. The fraction of sp³-hybridized carbons (Fsp3) is 0.714. The van der Waals surface area contributed by atoms with E-state index in [0.29, 0.717) is 0 Å². The van der Waals surface area contributed by atoms with Crippen molar-refractivity contribution in [3.63, 3.8) is 0 Å². The molecule has 22 heavy (non-hydrogen) atoms. The summed E-state index contributed by atoms with van der Waals surface area (Å²) >= 11 is 1.75. The normalized spacial score (nSPS) is 11.4. The second-order valence-corrected chi connectivity index (χ2v) is 6.16. The van der Waals surface area contributed by atoms with Crippen LogP contribution in [0.1, 0.15) is 9.88 Å². The number of hydrogen-bond donors (Lipinski definition) is 2. The summed E-state index contributed by atoms with van der Waals surface area (Å²) < 4.78 is 5.05. The van der Waals surface area contributed by atoms with E-state index in [2.05, 4.69) is 39.5 Å². The molecule has 0 atom stereocenters. The van der Waals surface area contributed by atoms with Gasteiger partial charge < -0.3 is 20.3 Å². The van der Waals surface area contributed by atoms with Gasteiger partial charge in [0.2, 0.25) is 0 Å². The lowest BCUT2D eigenvalue weighted by molar-refractivity contribution is 0.162. The van der Waals surface area contributed by atoms with Gasteiger partial charge in [0.1, 0.15) is 0 Å². The molecule has 0 radical (unpaired) electrons. The van der Waals surface area contributed by atoms with Gasteiger partial charge >= 0.3 is 0 Å². The van der Waals surface area contributed by atoms with Crippen LogP contribution in [-0.2, 0) is 11.2 Å². The molecule has 0 aromatic carbocycles. The van der Waals surface area contributed by atoms with Gasteiger partial charge in [0.25, 0.3) is 0 Å². The Bertz CT molecular complexity index is 427. The minimum Gasteiger partial charge on any atom is -0.383 e. The maximum atomic E-state index is 5.05. The minimum atomic E-state index is 0. The first-order valence-corrected chi connectivity index (χ1v) is 8.00. The number of aliphatic imine (C=N–C) groups is 1. The van der Waals surface area contributed by atoms with E-state index >= 15 is 0 Å². The summed E-state index contributed by atoms with van der Waals surface area (Å²) in [5.41, 5.74) is 0. The van der Waals surface area contributed by atoms with E-state index in [1.165, 1.54) is 4.88 Å². The van der Waals surface area contributed by atoms with Crippen molar-refractivity contribution < 1.29 is 4.74 Å². The van der Waals surface area contributed by atoms with Crippen molar-refractivity contribution in [2.75, 3.05) is 54.0 Å². The van der Waals surface area contributed by atoms with Crippen LogP contribution in [0.4, 0.5) is 0 Å². The van der Waals surface area contributed by atoms with Gasteiger partial charge in [-0.2, -0.15) is 0 Å². The Morgan fingerprint density at radius 2 is 2.09 bits per heavy atom. The number of hydrogen-bond acceptors (Lipinski definition) is 5. The van der Waals surface area contributed by atoms with Crippen LogP contribution in [0, 0.1) is 6.92 Å². The molecule has 0 saturated carbocycles. The smallest absolute Gasteiger partial charge is 0.191 e. The molecule has 0 saturated heterocycles. The van der Waals surface area contributed by atoms with E-state index in [4.69, 9.17) is 4.74 Å². The number of likely N-dealkylation sites (N-methyl/N-ethyl adjacent to an activating group) is 1. The number of aromatic nitrogens is 1. The molecule has 0 unspecified atom stereocenters. The van der Waals surface area contributed by atoms with Crippen molar-refractivity contribution >= 4 is 41.3 Å². The van der Waals surface area contributed by atoms with Crippen LogP contribution in [0.25, 0.3) is 0 Å². The lowest BCUT2D eigenvalue weighted by Crippen LogP contribution is -2.42. The van der Waals surface area contributed by atoms with Gasteiger partial charge in [0, 0.05) is 57.8 Å². The molecule has 128 valence electrons. The summed E-state index contributed by atoms with van der Waals surface area (Å²) in [5.74, 6) is 0.836. The number of thiazole rings is 1. The van der Waals surface area contributed by atoms with Crippen molar-refractivity contribution in [1.29, 1.82) is 0 Å². The molecule has 1 heterocycles. The first-order valence-electron chi connectivity index (χ1n) is 7.19. The van der Waals surface area contributed by atoms with E-state index in [9.17, 15) is 0 Å². The first kappa shape index (κ1) is 21.6. The average Bonchev–Trinajstić information content (AvgIpc) is 2.89. The molecule has 8 heteroatoms. The lowest BCUT2D eigenvalue weighted by atomic mass is 10.4. The van der Waals surface area contributed by atoms with E-state index < -0.39 is 0 Å². The highest BCUT2D eigenvalue weighted by molar-refractivity contribution is 14.0. The third kappa shape index (κ3) is 9.54. The molecule has 0 aliphatic rings. The minimum absolute atomic E-state index is 0. The van der Waals surface area contributed by atoms with Gasteiger partial charge in [0.15, 0.2) is 5.96 Å². The third-order valence-electron chi connectivity index (χ3n) is 2.99. The molecule has 0 aliphatic carbocycles. The molecule has 0 bridgehead atoms. The van der Waals surface area contributed by atoms with Gasteiger partial charge in [-0.1, -0.05) is 0 Å². The van der Waals surface area contributed by atoms with Crippen LogP contribution in [0.5, 0.6) is 0 Å². The quantitative estimate of drug-likeness (QED) is 0.344. The summed E-state index contributed by atoms with van der Waals surface area (Å²) in [5, 5.41) is 7.78. The highest BCUT2D eigenvalue weighted by Gasteiger charge is 2.02. The van der Waals surface area contributed by atoms with Gasteiger partial charge in [-0.3, -0.25) is 4.99 Å². The Hall–Kier alpha value is -0.450. The molecule has 1 aromatic heterocycles. The van der Waals surface area contributed by atoms with Gasteiger partial charge in [-0.15, -0.1) is 35.3 Å². The summed E-state index contributed by atoms with van der Waals surface area (Å²) in [7, 11) is 5.60. The molecule has 1 rings (SSSR count). The van der Waals surface area contributed by atoms with Crippen molar-refractivity contribution in [3.8, 4) is 0 Å². The Morgan fingerprint density at radius 1 is 1.36 bits per heavy atom. The predicted molar refractivity (Wildman–Crippen MR) is 105 cm³/mol. The number of guanidine groups is 1. The Kier molecular flexibility index (Phi) is 12.8. The van der Waals surface area contributed by atoms with Gasteiger partial charge in [-0.25, -0.2) is 4.98 Å². The van der Waals surface area contributed by atoms with Crippen LogP contribution in [0.15, 0.2) is 11.2 Å². The molecule has 0 fully saturated rings. The summed E-state index contributed by atoms with van der Waals surface area (Å²) in [6, 6.07) is 0.